The van der Waals surface area contributed by atoms with E-state index in [1.54, 1.807) is 0 Å². The molecule has 0 spiro atoms. The number of aliphatic hydroxyl groups is 1. The molecular weight excluding hydrogens is 196 g/mol. The van der Waals surface area contributed by atoms with Crippen LogP contribution in [-0.2, 0) is 17.9 Å². The molecular formula is C9H16N4O2. The van der Waals surface area contributed by atoms with Crippen LogP contribution in [0.4, 0.5) is 0 Å². The smallest absolute Gasteiger partial charge is 0.240 e. The predicted octanol–water partition coefficient (Wildman–Crippen LogP) is -0.315. The normalized spacial score (nSPS) is 11.5. The molecule has 15 heavy (non-hydrogen) atoms. The number of nitrogens with one attached hydrogen (secondary N) is 1. The molecule has 1 rings (SSSR count). The van der Waals surface area contributed by atoms with Crippen LogP contribution in [0.25, 0.3) is 0 Å². The van der Waals surface area contributed by atoms with Crippen LogP contribution in [0, 0.1) is 0 Å². The average molecular weight is 212 g/mol. The summed E-state index contributed by atoms with van der Waals surface area (Å²) in [6, 6.07) is 0. The summed E-state index contributed by atoms with van der Waals surface area (Å²) in [5.74, 6) is 0.260. The summed E-state index contributed by atoms with van der Waals surface area (Å²) in [6.45, 7) is 5.63. The monoisotopic (exact) mass is 212 g/mol. The van der Waals surface area contributed by atoms with Crippen molar-refractivity contribution in [3.8, 4) is 0 Å². The third-order valence-electron chi connectivity index (χ3n) is 1.67. The molecule has 1 aromatic rings. The Balaban J connectivity index is 2.59. The molecule has 6 nitrogen and oxygen atoms in total. The molecule has 1 heterocycles. The van der Waals surface area contributed by atoms with Crippen molar-refractivity contribution in [1.29, 1.82) is 0 Å². The van der Waals surface area contributed by atoms with Crippen molar-refractivity contribution in [2.45, 2.75) is 39.5 Å². The number of hydrogen-bond acceptors (Lipinski definition) is 4. The molecule has 0 saturated carbocycles. The minimum absolute atomic E-state index is 0.125. The van der Waals surface area contributed by atoms with Gasteiger partial charge in [-0.15, -0.1) is 10.2 Å². The first-order valence-corrected chi connectivity index (χ1v) is 4.71. The molecule has 0 bridgehead atoms. The summed E-state index contributed by atoms with van der Waals surface area (Å²) < 4.78 is 1.51. The Morgan fingerprint density at radius 3 is 2.80 bits per heavy atom. The van der Waals surface area contributed by atoms with Gasteiger partial charge in [-0.05, 0) is 20.8 Å². The largest absolute Gasteiger partial charge is 0.388 e. The molecule has 0 aromatic carbocycles. The molecule has 0 radical (unpaired) electrons. The van der Waals surface area contributed by atoms with Crippen LogP contribution in [-0.4, -0.2) is 31.3 Å². The zero-order valence-electron chi connectivity index (χ0n) is 9.19. The molecule has 2 N–H and O–H groups in total. The lowest BCUT2D eigenvalue weighted by molar-refractivity contribution is -0.123. The fourth-order valence-electron chi connectivity index (χ4n) is 1.15. The highest BCUT2D eigenvalue weighted by Gasteiger charge is 2.15. The second-order valence-corrected chi connectivity index (χ2v) is 4.33. The molecule has 0 unspecified atom stereocenters. The highest BCUT2D eigenvalue weighted by molar-refractivity contribution is 5.76. The summed E-state index contributed by atoms with van der Waals surface area (Å²) in [5, 5.41) is 19.0. The molecule has 84 valence electrons. The van der Waals surface area contributed by atoms with E-state index in [-0.39, 0.29) is 24.6 Å². The Kier molecular flexibility index (Phi) is 3.41. The number of hydrogen-bond donors (Lipinski definition) is 2. The van der Waals surface area contributed by atoms with E-state index in [1.165, 1.54) is 10.9 Å². The fourth-order valence-corrected chi connectivity index (χ4v) is 1.15. The van der Waals surface area contributed by atoms with Gasteiger partial charge in [0.25, 0.3) is 0 Å². The van der Waals surface area contributed by atoms with Gasteiger partial charge in [-0.2, -0.15) is 0 Å². The van der Waals surface area contributed by atoms with Crippen molar-refractivity contribution < 1.29 is 9.90 Å². The van der Waals surface area contributed by atoms with Crippen LogP contribution in [0.2, 0.25) is 0 Å². The molecule has 6 heteroatoms. The van der Waals surface area contributed by atoms with Gasteiger partial charge in [0.2, 0.25) is 5.91 Å². The van der Waals surface area contributed by atoms with Crippen molar-refractivity contribution in [3.63, 3.8) is 0 Å². The van der Waals surface area contributed by atoms with Crippen LogP contribution < -0.4 is 5.32 Å². The van der Waals surface area contributed by atoms with E-state index >= 15 is 0 Å². The van der Waals surface area contributed by atoms with E-state index in [9.17, 15) is 4.79 Å². The van der Waals surface area contributed by atoms with Crippen molar-refractivity contribution >= 4 is 5.91 Å². The summed E-state index contributed by atoms with van der Waals surface area (Å²) in [5.41, 5.74) is -0.259. The average Bonchev–Trinajstić information content (AvgIpc) is 2.48. The van der Waals surface area contributed by atoms with E-state index in [2.05, 4.69) is 15.5 Å². The first kappa shape index (κ1) is 11.6. The molecule has 0 aliphatic heterocycles. The van der Waals surface area contributed by atoms with Gasteiger partial charge in [0.1, 0.15) is 19.5 Å². The summed E-state index contributed by atoms with van der Waals surface area (Å²) in [7, 11) is 0. The highest BCUT2D eigenvalue weighted by Crippen LogP contribution is 2.00. The summed E-state index contributed by atoms with van der Waals surface area (Å²) in [4.78, 5) is 11.5. The number of aliphatic hydroxyl groups excluding tert-OH is 1. The zero-order chi connectivity index (χ0) is 11.5. The number of carbonyl (C=O) groups is 1. The second-order valence-electron chi connectivity index (χ2n) is 4.33. The molecule has 1 amide bonds. The van der Waals surface area contributed by atoms with Crippen LogP contribution in [0.5, 0.6) is 0 Å². The summed E-state index contributed by atoms with van der Waals surface area (Å²) >= 11 is 0. The maximum absolute atomic E-state index is 11.5. The molecule has 0 atom stereocenters. The van der Waals surface area contributed by atoms with Gasteiger partial charge >= 0.3 is 0 Å². The molecule has 0 saturated heterocycles. The molecule has 0 aliphatic rings. The topological polar surface area (TPSA) is 80.0 Å². The lowest BCUT2D eigenvalue weighted by Crippen LogP contribution is -2.42. The minimum Gasteiger partial charge on any atom is -0.388 e. The Bertz CT molecular complexity index is 340. The Morgan fingerprint density at radius 2 is 2.27 bits per heavy atom. The zero-order valence-corrected chi connectivity index (χ0v) is 9.19. The number of aromatic nitrogens is 3. The van der Waals surface area contributed by atoms with Crippen LogP contribution in [0.1, 0.15) is 26.6 Å². The van der Waals surface area contributed by atoms with E-state index < -0.39 is 0 Å². The highest BCUT2D eigenvalue weighted by atomic mass is 16.3. The molecule has 0 aliphatic carbocycles. The SMILES string of the molecule is CC(C)(C)NC(=O)Cn1cnnc1CO. The van der Waals surface area contributed by atoms with Gasteiger partial charge in [0, 0.05) is 5.54 Å². The van der Waals surface area contributed by atoms with Gasteiger partial charge in [-0.3, -0.25) is 4.79 Å². The van der Waals surface area contributed by atoms with Crippen molar-refractivity contribution in [1.82, 2.24) is 20.1 Å². The lowest BCUT2D eigenvalue weighted by Gasteiger charge is -2.20. The Labute approximate surface area is 88.3 Å². The van der Waals surface area contributed by atoms with Crippen LogP contribution >= 0.6 is 0 Å². The number of amides is 1. The van der Waals surface area contributed by atoms with Gasteiger partial charge in [-0.1, -0.05) is 0 Å². The van der Waals surface area contributed by atoms with Crippen molar-refractivity contribution in [2.75, 3.05) is 0 Å². The number of rotatable bonds is 3. The second kappa shape index (κ2) is 4.39. The maximum atomic E-state index is 11.5. The van der Waals surface area contributed by atoms with Gasteiger partial charge in [0.05, 0.1) is 0 Å². The third-order valence-corrected chi connectivity index (χ3v) is 1.67. The predicted molar refractivity (Wildman–Crippen MR) is 53.8 cm³/mol. The fraction of sp³-hybridized carbons (Fsp3) is 0.667. The number of nitrogens with zero attached hydrogens (tertiary/aromatic N) is 3. The van der Waals surface area contributed by atoms with E-state index in [0.29, 0.717) is 5.82 Å². The third kappa shape index (κ3) is 3.67. The van der Waals surface area contributed by atoms with Crippen molar-refractivity contribution in [2.24, 2.45) is 0 Å². The quantitative estimate of drug-likeness (QED) is 0.720. The Morgan fingerprint density at radius 1 is 1.60 bits per heavy atom. The minimum atomic E-state index is -0.259. The van der Waals surface area contributed by atoms with Crippen LogP contribution in [0.3, 0.4) is 0 Å². The maximum Gasteiger partial charge on any atom is 0.240 e. The van der Waals surface area contributed by atoms with Crippen LogP contribution in [0.15, 0.2) is 6.33 Å². The van der Waals surface area contributed by atoms with Gasteiger partial charge in [0.15, 0.2) is 5.82 Å². The number of carbonyl (C=O) groups excluding carboxylic acids is 1. The lowest BCUT2D eigenvalue weighted by atomic mass is 10.1. The van der Waals surface area contributed by atoms with Crippen molar-refractivity contribution in [3.05, 3.63) is 12.2 Å². The van der Waals surface area contributed by atoms with Gasteiger partial charge in [-0.25, -0.2) is 0 Å². The van der Waals surface area contributed by atoms with E-state index in [4.69, 9.17) is 5.11 Å². The first-order valence-electron chi connectivity index (χ1n) is 4.71. The standard InChI is InChI=1S/C9H16N4O2/c1-9(2,3)11-8(15)4-13-6-10-12-7(13)5-14/h6,14H,4-5H2,1-3H3,(H,11,15). The Hall–Kier alpha value is -1.43. The summed E-state index contributed by atoms with van der Waals surface area (Å²) in [6.07, 6.45) is 1.42. The first-order chi connectivity index (χ1) is 6.92. The van der Waals surface area contributed by atoms with Gasteiger partial charge < -0.3 is 15.0 Å². The van der Waals surface area contributed by atoms with E-state index in [0.717, 1.165) is 0 Å². The molecule has 1 aromatic heterocycles. The molecule has 0 fully saturated rings. The van der Waals surface area contributed by atoms with E-state index in [1.807, 2.05) is 20.8 Å².